The minimum absolute atomic E-state index is 0.991. The van der Waals surface area contributed by atoms with Gasteiger partial charge in [-0.2, -0.15) is 0 Å². The fraction of sp³-hybridized carbons (Fsp3) is 0.875. The number of unbranched alkanes of at least 4 members (excludes halogenated alkanes) is 8. The van der Waals surface area contributed by atoms with Crippen LogP contribution in [0.2, 0.25) is 0 Å². The summed E-state index contributed by atoms with van der Waals surface area (Å²) < 4.78 is 1.96. The molecule has 0 fully saturated rings. The SMILES string of the molecule is CCCCCCCCCCCc1cn(CCC)nn1. The third-order valence-electron chi connectivity index (χ3n) is 3.58. The lowest BCUT2D eigenvalue weighted by atomic mass is 10.1. The van der Waals surface area contributed by atoms with Crippen molar-refractivity contribution in [3.8, 4) is 0 Å². The van der Waals surface area contributed by atoms with Crippen LogP contribution in [0.5, 0.6) is 0 Å². The van der Waals surface area contributed by atoms with E-state index in [9.17, 15) is 0 Å². The maximum absolute atomic E-state index is 4.22. The molecule has 0 aliphatic rings. The highest BCUT2D eigenvalue weighted by molar-refractivity contribution is 4.91. The fourth-order valence-electron chi connectivity index (χ4n) is 2.41. The quantitative estimate of drug-likeness (QED) is 0.510. The number of hydrogen-bond donors (Lipinski definition) is 0. The van der Waals surface area contributed by atoms with Gasteiger partial charge in [-0.1, -0.05) is 70.4 Å². The van der Waals surface area contributed by atoms with Crippen LogP contribution in [0.25, 0.3) is 0 Å². The lowest BCUT2D eigenvalue weighted by Crippen LogP contribution is -1.96. The normalized spacial score (nSPS) is 11.1. The second-order valence-corrected chi connectivity index (χ2v) is 5.55. The Morgan fingerprint density at radius 2 is 1.47 bits per heavy atom. The molecule has 19 heavy (non-hydrogen) atoms. The molecule has 1 aromatic rings. The zero-order chi connectivity index (χ0) is 13.8. The highest BCUT2D eigenvalue weighted by atomic mass is 15.4. The monoisotopic (exact) mass is 265 g/mol. The summed E-state index contributed by atoms with van der Waals surface area (Å²) in [5.41, 5.74) is 1.16. The van der Waals surface area contributed by atoms with E-state index in [1.54, 1.807) is 0 Å². The third-order valence-corrected chi connectivity index (χ3v) is 3.58. The van der Waals surface area contributed by atoms with Crippen molar-refractivity contribution in [2.24, 2.45) is 0 Å². The number of hydrogen-bond acceptors (Lipinski definition) is 2. The summed E-state index contributed by atoms with van der Waals surface area (Å²) in [5, 5.41) is 8.34. The maximum Gasteiger partial charge on any atom is 0.0827 e. The number of aromatic nitrogens is 3. The molecule has 1 aromatic heterocycles. The zero-order valence-electron chi connectivity index (χ0n) is 12.9. The maximum atomic E-state index is 4.22. The van der Waals surface area contributed by atoms with Gasteiger partial charge in [-0.3, -0.25) is 4.68 Å². The van der Waals surface area contributed by atoms with Crippen LogP contribution in [0.15, 0.2) is 6.20 Å². The van der Waals surface area contributed by atoms with E-state index >= 15 is 0 Å². The van der Waals surface area contributed by atoms with E-state index in [0.717, 1.165) is 25.1 Å². The van der Waals surface area contributed by atoms with Gasteiger partial charge in [0.2, 0.25) is 0 Å². The van der Waals surface area contributed by atoms with Crippen LogP contribution in [0.3, 0.4) is 0 Å². The Morgan fingerprint density at radius 1 is 0.842 bits per heavy atom. The van der Waals surface area contributed by atoms with Gasteiger partial charge in [0, 0.05) is 12.7 Å². The Kier molecular flexibility index (Phi) is 9.38. The van der Waals surface area contributed by atoms with Gasteiger partial charge >= 0.3 is 0 Å². The van der Waals surface area contributed by atoms with Crippen LogP contribution in [0, 0.1) is 0 Å². The topological polar surface area (TPSA) is 30.7 Å². The van der Waals surface area contributed by atoms with Crippen molar-refractivity contribution in [3.05, 3.63) is 11.9 Å². The molecule has 3 heteroatoms. The first-order chi connectivity index (χ1) is 9.36. The second-order valence-electron chi connectivity index (χ2n) is 5.55. The van der Waals surface area contributed by atoms with E-state index in [1.165, 1.54) is 57.8 Å². The van der Waals surface area contributed by atoms with Crippen molar-refractivity contribution < 1.29 is 0 Å². The molecule has 0 unspecified atom stereocenters. The number of nitrogens with zero attached hydrogens (tertiary/aromatic N) is 3. The molecule has 1 rings (SSSR count). The Bertz CT molecular complexity index is 307. The van der Waals surface area contributed by atoms with E-state index < -0.39 is 0 Å². The summed E-state index contributed by atoms with van der Waals surface area (Å²) in [4.78, 5) is 0. The van der Waals surface area contributed by atoms with Crippen molar-refractivity contribution in [1.29, 1.82) is 0 Å². The molecule has 0 aliphatic carbocycles. The van der Waals surface area contributed by atoms with Gasteiger partial charge in [0.1, 0.15) is 0 Å². The predicted octanol–water partition coefficient (Wildman–Crippen LogP) is 4.76. The second kappa shape index (κ2) is 11.0. The summed E-state index contributed by atoms with van der Waals surface area (Å²) in [6, 6.07) is 0. The van der Waals surface area contributed by atoms with E-state index in [2.05, 4.69) is 30.4 Å². The van der Waals surface area contributed by atoms with E-state index in [0.29, 0.717) is 0 Å². The van der Waals surface area contributed by atoms with Gasteiger partial charge in [-0.15, -0.1) is 5.10 Å². The molecule has 1 heterocycles. The molecule has 0 N–H and O–H groups in total. The average Bonchev–Trinajstić information content (AvgIpc) is 2.85. The van der Waals surface area contributed by atoms with Crippen LogP contribution in [-0.2, 0) is 13.0 Å². The fourth-order valence-corrected chi connectivity index (χ4v) is 2.41. The minimum Gasteiger partial charge on any atom is -0.252 e. The molecule has 0 saturated carbocycles. The van der Waals surface area contributed by atoms with Gasteiger partial charge in [-0.25, -0.2) is 0 Å². The van der Waals surface area contributed by atoms with Crippen molar-refractivity contribution >= 4 is 0 Å². The third kappa shape index (κ3) is 8.02. The molecule has 0 bridgehead atoms. The van der Waals surface area contributed by atoms with Crippen LogP contribution in [0.1, 0.15) is 83.7 Å². The highest BCUT2D eigenvalue weighted by Crippen LogP contribution is 2.11. The Labute approximate surface area is 118 Å². The molecule has 0 amide bonds. The van der Waals surface area contributed by atoms with Crippen molar-refractivity contribution in [1.82, 2.24) is 15.0 Å². The predicted molar refractivity (Wildman–Crippen MR) is 81.2 cm³/mol. The van der Waals surface area contributed by atoms with Crippen LogP contribution in [-0.4, -0.2) is 15.0 Å². The molecular formula is C16H31N3. The summed E-state index contributed by atoms with van der Waals surface area (Å²) in [6.45, 7) is 5.43. The molecule has 0 spiro atoms. The summed E-state index contributed by atoms with van der Waals surface area (Å²) >= 11 is 0. The number of aryl methyl sites for hydroxylation is 2. The highest BCUT2D eigenvalue weighted by Gasteiger charge is 2.00. The van der Waals surface area contributed by atoms with Gasteiger partial charge in [0.15, 0.2) is 0 Å². The Hall–Kier alpha value is -0.860. The van der Waals surface area contributed by atoms with E-state index in [4.69, 9.17) is 0 Å². The summed E-state index contributed by atoms with van der Waals surface area (Å²) in [7, 11) is 0. The molecule has 0 aromatic carbocycles. The van der Waals surface area contributed by atoms with Crippen molar-refractivity contribution in [2.75, 3.05) is 0 Å². The zero-order valence-corrected chi connectivity index (χ0v) is 12.9. The molecule has 0 atom stereocenters. The smallest absolute Gasteiger partial charge is 0.0827 e. The Balaban J connectivity index is 1.92. The van der Waals surface area contributed by atoms with E-state index in [1.807, 2.05) is 4.68 Å². The van der Waals surface area contributed by atoms with Gasteiger partial charge in [-0.05, 0) is 19.3 Å². The number of rotatable bonds is 12. The molecule has 110 valence electrons. The van der Waals surface area contributed by atoms with Gasteiger partial charge < -0.3 is 0 Å². The van der Waals surface area contributed by atoms with Crippen LogP contribution >= 0.6 is 0 Å². The van der Waals surface area contributed by atoms with Crippen LogP contribution in [0.4, 0.5) is 0 Å². The first kappa shape index (κ1) is 16.2. The van der Waals surface area contributed by atoms with E-state index in [-0.39, 0.29) is 0 Å². The molecule has 3 nitrogen and oxygen atoms in total. The average molecular weight is 265 g/mol. The van der Waals surface area contributed by atoms with Crippen molar-refractivity contribution in [3.63, 3.8) is 0 Å². The molecular weight excluding hydrogens is 234 g/mol. The lowest BCUT2D eigenvalue weighted by molar-refractivity contribution is 0.563. The summed E-state index contributed by atoms with van der Waals surface area (Å²) in [6.07, 6.45) is 16.8. The lowest BCUT2D eigenvalue weighted by Gasteiger charge is -2.01. The Morgan fingerprint density at radius 3 is 2.11 bits per heavy atom. The van der Waals surface area contributed by atoms with Crippen LogP contribution < -0.4 is 0 Å². The first-order valence-corrected chi connectivity index (χ1v) is 8.25. The molecule has 0 aliphatic heterocycles. The van der Waals surface area contributed by atoms with Crippen molar-refractivity contribution in [2.45, 2.75) is 91.0 Å². The first-order valence-electron chi connectivity index (χ1n) is 8.25. The molecule has 0 saturated heterocycles. The summed E-state index contributed by atoms with van der Waals surface area (Å²) in [5.74, 6) is 0. The van der Waals surface area contributed by atoms with Gasteiger partial charge in [0.25, 0.3) is 0 Å². The van der Waals surface area contributed by atoms with Gasteiger partial charge in [0.05, 0.1) is 5.69 Å². The standard InChI is InChI=1S/C16H31N3/c1-3-5-6-7-8-9-10-11-12-13-16-15-19(14-4-2)18-17-16/h15H,3-14H2,1-2H3. The minimum atomic E-state index is 0.991. The largest absolute Gasteiger partial charge is 0.252 e. The molecule has 0 radical (unpaired) electrons.